The van der Waals surface area contributed by atoms with Crippen molar-refractivity contribution in [3.8, 4) is 0 Å². The zero-order chi connectivity index (χ0) is 11.4. The van der Waals surface area contributed by atoms with Crippen LogP contribution in [-0.4, -0.2) is 13.1 Å². The van der Waals surface area contributed by atoms with Gasteiger partial charge in [0.1, 0.15) is 0 Å². The molecule has 1 saturated carbocycles. The summed E-state index contributed by atoms with van der Waals surface area (Å²) in [5.74, 6) is 3.61. The Morgan fingerprint density at radius 1 is 0.941 bits per heavy atom. The van der Waals surface area contributed by atoms with Crippen molar-refractivity contribution >= 4 is 21.6 Å². The van der Waals surface area contributed by atoms with Crippen molar-refractivity contribution in [1.82, 2.24) is 0 Å². The van der Waals surface area contributed by atoms with Gasteiger partial charge in [0, 0.05) is 23.2 Å². The molecule has 0 spiro atoms. The lowest BCUT2D eigenvalue weighted by atomic mass is 9.86. The highest BCUT2D eigenvalue weighted by atomic mass is 79.9. The molecule has 2 aliphatic carbocycles. The van der Waals surface area contributed by atoms with Crippen molar-refractivity contribution in [3.63, 3.8) is 0 Å². The molecule has 1 nitrogen and oxygen atoms in total. The molecule has 2 heteroatoms. The van der Waals surface area contributed by atoms with E-state index in [1.807, 2.05) is 0 Å². The molecule has 0 N–H and O–H groups in total. The van der Waals surface area contributed by atoms with Crippen molar-refractivity contribution in [1.29, 1.82) is 0 Å². The molecule has 0 radical (unpaired) electrons. The molecule has 2 fully saturated rings. The van der Waals surface area contributed by atoms with Crippen molar-refractivity contribution in [2.45, 2.75) is 6.42 Å². The van der Waals surface area contributed by atoms with Gasteiger partial charge in [-0.1, -0.05) is 28.1 Å². The lowest BCUT2D eigenvalue weighted by molar-refractivity contribution is 0.395. The number of allylic oxidation sites excluding steroid dienone is 2. The first-order valence-electron chi connectivity index (χ1n) is 6.50. The molecule has 1 heterocycles. The molecule has 88 valence electrons. The number of halogens is 1. The van der Waals surface area contributed by atoms with Gasteiger partial charge in [0.25, 0.3) is 0 Å². The molecule has 1 aromatic rings. The first-order valence-corrected chi connectivity index (χ1v) is 7.29. The number of fused-ring (bicyclic) bond motifs is 5. The van der Waals surface area contributed by atoms with Crippen LogP contribution in [0.5, 0.6) is 0 Å². The van der Waals surface area contributed by atoms with Crippen LogP contribution < -0.4 is 4.90 Å². The van der Waals surface area contributed by atoms with Crippen LogP contribution in [0.4, 0.5) is 5.69 Å². The van der Waals surface area contributed by atoms with Gasteiger partial charge >= 0.3 is 0 Å². The van der Waals surface area contributed by atoms with Gasteiger partial charge in [-0.2, -0.15) is 0 Å². The molecule has 4 rings (SSSR count). The third-order valence-corrected chi connectivity index (χ3v) is 5.38. The second-order valence-electron chi connectivity index (χ2n) is 5.66. The van der Waals surface area contributed by atoms with Crippen molar-refractivity contribution in [2.24, 2.45) is 23.7 Å². The molecule has 0 aromatic heterocycles. The molecule has 1 aliphatic heterocycles. The molecular formula is C15H16BrN. The second-order valence-corrected chi connectivity index (χ2v) is 6.57. The summed E-state index contributed by atoms with van der Waals surface area (Å²) < 4.78 is 1.17. The minimum atomic E-state index is 0.880. The molecular weight excluding hydrogens is 274 g/mol. The van der Waals surface area contributed by atoms with E-state index in [0.717, 1.165) is 23.7 Å². The number of rotatable bonds is 1. The van der Waals surface area contributed by atoms with Crippen LogP contribution in [0.15, 0.2) is 40.9 Å². The maximum Gasteiger partial charge on any atom is 0.0367 e. The molecule has 3 aliphatic rings. The number of hydrogen-bond donors (Lipinski definition) is 0. The maximum absolute atomic E-state index is 3.50. The standard InChI is InChI=1S/C15H16BrN/c16-12-3-5-13(6-4-12)17-8-14-10-1-2-11(7-10)15(14)9-17/h1-6,10-11,14-15H,7-9H2/t10-,11+,14-,15+. The molecule has 1 aromatic carbocycles. The van der Waals surface area contributed by atoms with E-state index in [0.29, 0.717) is 0 Å². The highest BCUT2D eigenvalue weighted by Crippen LogP contribution is 2.51. The molecule has 4 atom stereocenters. The van der Waals surface area contributed by atoms with Crippen LogP contribution in [0.1, 0.15) is 6.42 Å². The first-order chi connectivity index (χ1) is 8.31. The number of hydrogen-bond acceptors (Lipinski definition) is 1. The lowest BCUT2D eigenvalue weighted by Gasteiger charge is -2.20. The highest BCUT2D eigenvalue weighted by Gasteiger charge is 2.49. The van der Waals surface area contributed by atoms with Gasteiger partial charge in [0.2, 0.25) is 0 Å². The fraction of sp³-hybridized carbons (Fsp3) is 0.467. The zero-order valence-corrected chi connectivity index (χ0v) is 11.3. The minimum Gasteiger partial charge on any atom is -0.371 e. The summed E-state index contributed by atoms with van der Waals surface area (Å²) in [6.07, 6.45) is 6.37. The minimum absolute atomic E-state index is 0.880. The number of nitrogens with zero attached hydrogens (tertiary/aromatic N) is 1. The van der Waals surface area contributed by atoms with E-state index in [9.17, 15) is 0 Å². The highest BCUT2D eigenvalue weighted by molar-refractivity contribution is 9.10. The molecule has 2 bridgehead atoms. The fourth-order valence-electron chi connectivity index (χ4n) is 4.01. The van der Waals surface area contributed by atoms with Gasteiger partial charge in [0.15, 0.2) is 0 Å². The lowest BCUT2D eigenvalue weighted by Crippen LogP contribution is -2.22. The topological polar surface area (TPSA) is 3.24 Å². The Kier molecular flexibility index (Phi) is 2.17. The number of benzene rings is 1. The normalized spacial score (nSPS) is 37.8. The maximum atomic E-state index is 3.50. The Morgan fingerprint density at radius 2 is 1.53 bits per heavy atom. The van der Waals surface area contributed by atoms with Crippen LogP contribution in [-0.2, 0) is 0 Å². The van der Waals surface area contributed by atoms with E-state index >= 15 is 0 Å². The predicted octanol–water partition coefficient (Wildman–Crippen LogP) is 3.71. The van der Waals surface area contributed by atoms with Crippen LogP contribution >= 0.6 is 15.9 Å². The average Bonchev–Trinajstić information content (AvgIpc) is 3.02. The summed E-state index contributed by atoms with van der Waals surface area (Å²) in [4.78, 5) is 2.58. The monoisotopic (exact) mass is 289 g/mol. The SMILES string of the molecule is Brc1ccc(N2C[C@@H]3[C@H](C2)[C@@H]2C=C[C@H]3C2)cc1. The zero-order valence-electron chi connectivity index (χ0n) is 9.72. The smallest absolute Gasteiger partial charge is 0.0367 e. The van der Waals surface area contributed by atoms with E-state index in [1.165, 1.54) is 29.7 Å². The van der Waals surface area contributed by atoms with E-state index in [-0.39, 0.29) is 0 Å². The summed E-state index contributed by atoms with van der Waals surface area (Å²) in [5, 5.41) is 0. The Balaban J connectivity index is 1.58. The first kappa shape index (κ1) is 10.2. The predicted molar refractivity (Wildman–Crippen MR) is 74.1 cm³/mol. The van der Waals surface area contributed by atoms with Crippen molar-refractivity contribution in [3.05, 3.63) is 40.9 Å². The van der Waals surface area contributed by atoms with Crippen LogP contribution in [0, 0.1) is 23.7 Å². The third kappa shape index (κ3) is 1.50. The summed E-state index contributed by atoms with van der Waals surface area (Å²) >= 11 is 3.50. The third-order valence-electron chi connectivity index (χ3n) is 4.85. The second kappa shape index (κ2) is 3.61. The van der Waals surface area contributed by atoms with Gasteiger partial charge < -0.3 is 4.90 Å². The average molecular weight is 290 g/mol. The molecule has 17 heavy (non-hydrogen) atoms. The Morgan fingerprint density at radius 3 is 2.12 bits per heavy atom. The van der Waals surface area contributed by atoms with E-state index in [4.69, 9.17) is 0 Å². The largest absolute Gasteiger partial charge is 0.371 e. The Hall–Kier alpha value is -0.760. The number of anilines is 1. The fourth-order valence-corrected chi connectivity index (χ4v) is 4.28. The quantitative estimate of drug-likeness (QED) is 0.713. The summed E-state index contributed by atoms with van der Waals surface area (Å²) in [7, 11) is 0. The summed E-state index contributed by atoms with van der Waals surface area (Å²) in [6.45, 7) is 2.52. The van der Waals surface area contributed by atoms with Crippen molar-refractivity contribution < 1.29 is 0 Å². The van der Waals surface area contributed by atoms with Gasteiger partial charge in [-0.3, -0.25) is 0 Å². The van der Waals surface area contributed by atoms with Crippen LogP contribution in [0.2, 0.25) is 0 Å². The van der Waals surface area contributed by atoms with Crippen LogP contribution in [0.3, 0.4) is 0 Å². The molecule has 0 unspecified atom stereocenters. The molecule has 0 amide bonds. The van der Waals surface area contributed by atoms with E-state index in [1.54, 1.807) is 0 Å². The van der Waals surface area contributed by atoms with Gasteiger partial charge in [-0.25, -0.2) is 0 Å². The Bertz CT molecular complexity index is 444. The van der Waals surface area contributed by atoms with Gasteiger partial charge in [-0.15, -0.1) is 0 Å². The summed E-state index contributed by atoms with van der Waals surface area (Å²) in [5.41, 5.74) is 1.39. The van der Waals surface area contributed by atoms with E-state index in [2.05, 4.69) is 57.2 Å². The van der Waals surface area contributed by atoms with Crippen molar-refractivity contribution in [2.75, 3.05) is 18.0 Å². The van der Waals surface area contributed by atoms with Gasteiger partial charge in [0.05, 0.1) is 0 Å². The van der Waals surface area contributed by atoms with Gasteiger partial charge in [-0.05, 0) is 54.4 Å². The van der Waals surface area contributed by atoms with Crippen LogP contribution in [0.25, 0.3) is 0 Å². The summed E-state index contributed by atoms with van der Waals surface area (Å²) in [6, 6.07) is 8.77. The van der Waals surface area contributed by atoms with E-state index < -0.39 is 0 Å². The molecule has 1 saturated heterocycles. The Labute approximate surface area is 111 Å².